The second-order valence-electron chi connectivity index (χ2n) is 10.3. The van der Waals surface area contributed by atoms with Gasteiger partial charge in [-0.15, -0.1) is 0 Å². The number of benzene rings is 2. The molecule has 0 aliphatic rings. The van der Waals surface area contributed by atoms with Gasteiger partial charge in [-0.2, -0.15) is 8.78 Å². The Kier molecular flexibility index (Phi) is 12.1. The zero-order valence-electron chi connectivity index (χ0n) is 24.4. The summed E-state index contributed by atoms with van der Waals surface area (Å²) in [6.07, 6.45) is -0.0809. The Morgan fingerprint density at radius 3 is 1.63 bits per heavy atom. The smallest absolute Gasteiger partial charge is 0.314 e. The SMILES string of the molecule is CCC(C)(CCOC(C)(CC)CC(=O)Oc1c(C)c(F)c(F)c(F)c1F)OCCC(=O)Oc1c(F)c(C)c(F)c(F)c1F. The molecule has 0 amide bonds. The van der Waals surface area contributed by atoms with E-state index in [2.05, 4.69) is 4.74 Å². The summed E-state index contributed by atoms with van der Waals surface area (Å²) < 4.78 is 131. The van der Waals surface area contributed by atoms with Crippen LogP contribution >= 0.6 is 0 Å². The van der Waals surface area contributed by atoms with Crippen molar-refractivity contribution in [2.75, 3.05) is 13.2 Å². The lowest BCUT2D eigenvalue weighted by molar-refractivity contribution is -0.144. The quantitative estimate of drug-likeness (QED) is 0.0711. The molecule has 0 saturated carbocycles. The maximum Gasteiger partial charge on any atom is 0.314 e. The van der Waals surface area contributed by atoms with Gasteiger partial charge in [-0.3, -0.25) is 9.59 Å². The molecule has 2 unspecified atom stereocenters. The predicted octanol–water partition coefficient (Wildman–Crippen LogP) is 7.47. The number of carbonyl (C=O) groups excluding carboxylic acids is 2. The average Bonchev–Trinajstić information content (AvgIpc) is 2.97. The molecule has 43 heavy (non-hydrogen) atoms. The highest BCUT2D eigenvalue weighted by Crippen LogP contribution is 2.32. The highest BCUT2D eigenvalue weighted by Gasteiger charge is 2.33. The number of halogens is 8. The molecule has 14 heteroatoms. The van der Waals surface area contributed by atoms with Crippen LogP contribution in [0.2, 0.25) is 0 Å². The maximum atomic E-state index is 14.1. The number of ether oxygens (including phenoxy) is 4. The molecule has 0 N–H and O–H groups in total. The minimum atomic E-state index is -2.12. The fraction of sp³-hybridized carbons (Fsp3) is 0.517. The van der Waals surface area contributed by atoms with Crippen LogP contribution in [0.15, 0.2) is 0 Å². The molecule has 2 aromatic carbocycles. The van der Waals surface area contributed by atoms with Crippen LogP contribution in [-0.4, -0.2) is 36.4 Å². The minimum absolute atomic E-state index is 0.00412. The van der Waals surface area contributed by atoms with E-state index in [9.17, 15) is 44.7 Å². The standard InChI is InChI=1S/C29H32F8O6/c1-7-28(5,40-11-9-16(38)42-27-20(32)14(3)18(30)22(34)25(27)37)10-12-41-29(6,8-2)13-17(39)43-26-15(4)19(31)21(33)23(35)24(26)36/h7-13H2,1-6H3. The Labute approximate surface area is 243 Å². The molecule has 6 nitrogen and oxygen atoms in total. The zero-order chi connectivity index (χ0) is 32.9. The van der Waals surface area contributed by atoms with Gasteiger partial charge in [0.25, 0.3) is 0 Å². The van der Waals surface area contributed by atoms with E-state index in [4.69, 9.17) is 14.2 Å². The van der Waals surface area contributed by atoms with Gasteiger partial charge < -0.3 is 18.9 Å². The van der Waals surface area contributed by atoms with Crippen LogP contribution in [0.3, 0.4) is 0 Å². The van der Waals surface area contributed by atoms with E-state index < -0.39 is 105 Å². The number of rotatable bonds is 14. The van der Waals surface area contributed by atoms with Crippen molar-refractivity contribution in [2.24, 2.45) is 0 Å². The van der Waals surface area contributed by atoms with Crippen LogP contribution in [-0.2, 0) is 19.1 Å². The first-order chi connectivity index (χ1) is 19.9. The lowest BCUT2D eigenvalue weighted by Gasteiger charge is -2.32. The monoisotopic (exact) mass is 628 g/mol. The summed E-state index contributed by atoms with van der Waals surface area (Å²) in [6, 6.07) is 0. The lowest BCUT2D eigenvalue weighted by Crippen LogP contribution is -2.36. The van der Waals surface area contributed by atoms with Gasteiger partial charge in [0.05, 0.1) is 37.3 Å². The van der Waals surface area contributed by atoms with Crippen LogP contribution < -0.4 is 9.47 Å². The molecule has 0 heterocycles. The maximum absolute atomic E-state index is 14.1. The molecule has 0 aliphatic carbocycles. The summed E-state index contributed by atoms with van der Waals surface area (Å²) >= 11 is 0. The highest BCUT2D eigenvalue weighted by molar-refractivity contribution is 5.74. The first-order valence-corrected chi connectivity index (χ1v) is 13.3. The number of hydrogen-bond acceptors (Lipinski definition) is 6. The third-order valence-corrected chi connectivity index (χ3v) is 7.17. The van der Waals surface area contributed by atoms with E-state index in [1.165, 1.54) is 0 Å². The van der Waals surface area contributed by atoms with Crippen molar-refractivity contribution < 1.29 is 63.7 Å². The summed E-state index contributed by atoms with van der Waals surface area (Å²) in [5.41, 5.74) is -3.65. The van der Waals surface area contributed by atoms with E-state index in [1.807, 2.05) is 0 Å². The Bertz CT molecular complexity index is 1310. The molecule has 2 rings (SSSR count). The molecule has 2 atom stereocenters. The molecule has 0 saturated heterocycles. The van der Waals surface area contributed by atoms with Crippen LogP contribution in [0.5, 0.6) is 11.5 Å². The molecule has 0 radical (unpaired) electrons. The summed E-state index contributed by atoms with van der Waals surface area (Å²) in [5, 5.41) is 0. The fourth-order valence-electron chi connectivity index (χ4n) is 3.80. The molecule has 0 aromatic heterocycles. The van der Waals surface area contributed by atoms with E-state index in [0.717, 1.165) is 13.8 Å². The molecule has 0 spiro atoms. The summed E-state index contributed by atoms with van der Waals surface area (Å²) in [7, 11) is 0. The van der Waals surface area contributed by atoms with E-state index in [1.54, 1.807) is 27.7 Å². The molecule has 0 fully saturated rings. The van der Waals surface area contributed by atoms with Crippen LogP contribution in [0.4, 0.5) is 35.1 Å². The van der Waals surface area contributed by atoms with Crippen molar-refractivity contribution in [3.05, 3.63) is 57.7 Å². The van der Waals surface area contributed by atoms with Crippen molar-refractivity contribution in [1.29, 1.82) is 0 Å². The number of carbonyl (C=O) groups is 2. The highest BCUT2D eigenvalue weighted by atomic mass is 19.2. The number of esters is 2. The Hall–Kier alpha value is -3.26. The van der Waals surface area contributed by atoms with Crippen molar-refractivity contribution in [1.82, 2.24) is 0 Å². The van der Waals surface area contributed by atoms with Gasteiger partial charge in [0, 0.05) is 11.1 Å². The van der Waals surface area contributed by atoms with Crippen molar-refractivity contribution in [2.45, 2.75) is 84.8 Å². The Morgan fingerprint density at radius 2 is 1.05 bits per heavy atom. The number of hydrogen-bond donors (Lipinski definition) is 0. The lowest BCUT2D eigenvalue weighted by atomic mass is 9.97. The van der Waals surface area contributed by atoms with Gasteiger partial charge in [-0.25, -0.2) is 26.3 Å². The first kappa shape index (κ1) is 35.9. The first-order valence-electron chi connectivity index (χ1n) is 13.3. The van der Waals surface area contributed by atoms with Gasteiger partial charge in [-0.05, 0) is 47.0 Å². The van der Waals surface area contributed by atoms with Crippen molar-refractivity contribution >= 4 is 11.9 Å². The fourth-order valence-corrected chi connectivity index (χ4v) is 3.80. The van der Waals surface area contributed by atoms with E-state index in [-0.39, 0.29) is 26.1 Å². The molecule has 0 aliphatic heterocycles. The van der Waals surface area contributed by atoms with E-state index >= 15 is 0 Å². The van der Waals surface area contributed by atoms with Crippen molar-refractivity contribution in [3.63, 3.8) is 0 Å². The van der Waals surface area contributed by atoms with Gasteiger partial charge in [0.15, 0.2) is 34.8 Å². The zero-order valence-corrected chi connectivity index (χ0v) is 24.4. The summed E-state index contributed by atoms with van der Waals surface area (Å²) in [4.78, 5) is 24.6. The van der Waals surface area contributed by atoms with Crippen molar-refractivity contribution in [3.8, 4) is 11.5 Å². The molecular formula is C29H32F8O6. The van der Waals surface area contributed by atoms with Crippen LogP contribution in [0.25, 0.3) is 0 Å². The summed E-state index contributed by atoms with van der Waals surface area (Å²) in [6.45, 7) is 8.17. The van der Waals surface area contributed by atoms with Crippen LogP contribution in [0, 0.1) is 60.4 Å². The second-order valence-corrected chi connectivity index (χ2v) is 10.3. The van der Waals surface area contributed by atoms with Gasteiger partial charge >= 0.3 is 11.9 Å². The second kappa shape index (κ2) is 14.5. The molecular weight excluding hydrogens is 596 g/mol. The normalized spacial score (nSPS) is 14.3. The van der Waals surface area contributed by atoms with E-state index in [0.29, 0.717) is 6.42 Å². The van der Waals surface area contributed by atoms with Gasteiger partial charge in [-0.1, -0.05) is 13.8 Å². The van der Waals surface area contributed by atoms with Gasteiger partial charge in [0.1, 0.15) is 0 Å². The molecule has 2 aromatic rings. The van der Waals surface area contributed by atoms with Gasteiger partial charge in [0.2, 0.25) is 23.2 Å². The largest absolute Gasteiger partial charge is 0.423 e. The Balaban J connectivity index is 1.94. The average molecular weight is 629 g/mol. The van der Waals surface area contributed by atoms with Crippen LogP contribution in [0.1, 0.15) is 70.9 Å². The summed E-state index contributed by atoms with van der Waals surface area (Å²) in [5.74, 6) is -19.6. The Morgan fingerprint density at radius 1 is 0.581 bits per heavy atom. The molecule has 240 valence electrons. The third kappa shape index (κ3) is 8.43. The molecule has 0 bridgehead atoms. The topological polar surface area (TPSA) is 71.1 Å². The predicted molar refractivity (Wildman–Crippen MR) is 136 cm³/mol. The minimum Gasteiger partial charge on any atom is -0.423 e. The third-order valence-electron chi connectivity index (χ3n) is 7.17.